The molecule has 4 nitrogen and oxygen atoms in total. The van der Waals surface area contributed by atoms with Gasteiger partial charge < -0.3 is 14.8 Å². The van der Waals surface area contributed by atoms with Gasteiger partial charge in [0.25, 0.3) is 5.91 Å². The van der Waals surface area contributed by atoms with Crippen molar-refractivity contribution in [1.29, 1.82) is 0 Å². The minimum absolute atomic E-state index is 0.129. The SMILES string of the molecule is COc1ccccc1C(=O)NCCc1ccc(OCc2ccccc2)cc1. The first-order valence-electron chi connectivity index (χ1n) is 8.93. The Bertz CT molecular complexity index is 860. The summed E-state index contributed by atoms with van der Waals surface area (Å²) in [5.74, 6) is 1.28. The van der Waals surface area contributed by atoms with Crippen molar-refractivity contribution < 1.29 is 14.3 Å². The largest absolute Gasteiger partial charge is 0.496 e. The Morgan fingerprint density at radius 1 is 0.852 bits per heavy atom. The molecule has 0 aliphatic carbocycles. The van der Waals surface area contributed by atoms with Crippen molar-refractivity contribution in [3.8, 4) is 11.5 Å². The number of nitrogens with one attached hydrogen (secondary N) is 1. The molecule has 27 heavy (non-hydrogen) atoms. The monoisotopic (exact) mass is 361 g/mol. The van der Waals surface area contributed by atoms with E-state index in [-0.39, 0.29) is 5.91 Å². The summed E-state index contributed by atoms with van der Waals surface area (Å²) in [5, 5.41) is 2.93. The maximum absolute atomic E-state index is 12.3. The van der Waals surface area contributed by atoms with Crippen LogP contribution in [0.3, 0.4) is 0 Å². The minimum atomic E-state index is -0.129. The normalized spacial score (nSPS) is 10.3. The molecule has 138 valence electrons. The van der Waals surface area contributed by atoms with Crippen molar-refractivity contribution in [2.45, 2.75) is 13.0 Å². The van der Waals surface area contributed by atoms with Crippen LogP contribution in [-0.2, 0) is 13.0 Å². The highest BCUT2D eigenvalue weighted by Gasteiger charge is 2.10. The summed E-state index contributed by atoms with van der Waals surface area (Å²) in [4.78, 5) is 12.3. The summed E-state index contributed by atoms with van der Waals surface area (Å²) >= 11 is 0. The number of hydrogen-bond acceptors (Lipinski definition) is 3. The Morgan fingerprint density at radius 3 is 2.30 bits per heavy atom. The van der Waals surface area contributed by atoms with Crippen LogP contribution in [0, 0.1) is 0 Å². The Hall–Kier alpha value is -3.27. The van der Waals surface area contributed by atoms with Gasteiger partial charge in [0.05, 0.1) is 12.7 Å². The predicted octanol–water partition coefficient (Wildman–Crippen LogP) is 4.25. The van der Waals surface area contributed by atoms with Gasteiger partial charge in [0.1, 0.15) is 18.1 Å². The molecule has 1 amide bonds. The highest BCUT2D eigenvalue weighted by atomic mass is 16.5. The summed E-state index contributed by atoms with van der Waals surface area (Å²) in [6, 6.07) is 25.2. The van der Waals surface area contributed by atoms with Crippen LogP contribution in [0.1, 0.15) is 21.5 Å². The van der Waals surface area contributed by atoms with E-state index >= 15 is 0 Å². The van der Waals surface area contributed by atoms with Crippen LogP contribution in [0.2, 0.25) is 0 Å². The number of para-hydroxylation sites is 1. The lowest BCUT2D eigenvalue weighted by Crippen LogP contribution is -2.26. The first-order chi connectivity index (χ1) is 13.3. The molecule has 0 aliphatic heterocycles. The molecule has 4 heteroatoms. The highest BCUT2D eigenvalue weighted by Crippen LogP contribution is 2.17. The third kappa shape index (κ3) is 5.35. The number of ether oxygens (including phenoxy) is 2. The van der Waals surface area contributed by atoms with Crippen molar-refractivity contribution >= 4 is 5.91 Å². The Balaban J connectivity index is 1.46. The molecule has 0 spiro atoms. The zero-order chi connectivity index (χ0) is 18.9. The third-order valence-electron chi connectivity index (χ3n) is 4.22. The summed E-state index contributed by atoms with van der Waals surface area (Å²) in [7, 11) is 1.56. The number of carbonyl (C=O) groups is 1. The predicted molar refractivity (Wildman–Crippen MR) is 106 cm³/mol. The average molecular weight is 361 g/mol. The smallest absolute Gasteiger partial charge is 0.255 e. The molecule has 0 aromatic heterocycles. The van der Waals surface area contributed by atoms with E-state index in [1.165, 1.54) is 0 Å². The Morgan fingerprint density at radius 2 is 1.56 bits per heavy atom. The first kappa shape index (κ1) is 18.5. The second kappa shape index (κ2) is 9.43. The molecule has 0 fully saturated rings. The number of hydrogen-bond donors (Lipinski definition) is 1. The van der Waals surface area contributed by atoms with E-state index in [9.17, 15) is 4.79 Å². The molecule has 0 saturated carbocycles. The van der Waals surface area contributed by atoms with Crippen LogP contribution in [0.5, 0.6) is 11.5 Å². The van der Waals surface area contributed by atoms with Crippen molar-refractivity contribution in [3.05, 3.63) is 95.6 Å². The lowest BCUT2D eigenvalue weighted by atomic mass is 10.1. The van der Waals surface area contributed by atoms with E-state index in [0.717, 1.165) is 23.3 Å². The van der Waals surface area contributed by atoms with E-state index in [1.807, 2.05) is 66.7 Å². The number of amides is 1. The lowest BCUT2D eigenvalue weighted by molar-refractivity contribution is 0.0951. The zero-order valence-corrected chi connectivity index (χ0v) is 15.4. The maximum atomic E-state index is 12.3. The fraction of sp³-hybridized carbons (Fsp3) is 0.174. The molecule has 0 aliphatic rings. The molecule has 1 N–H and O–H groups in total. The maximum Gasteiger partial charge on any atom is 0.255 e. The molecular weight excluding hydrogens is 338 g/mol. The van der Waals surface area contributed by atoms with E-state index in [2.05, 4.69) is 5.32 Å². The molecule has 0 saturated heterocycles. The van der Waals surface area contributed by atoms with Crippen molar-refractivity contribution in [3.63, 3.8) is 0 Å². The molecule has 0 unspecified atom stereocenters. The first-order valence-corrected chi connectivity index (χ1v) is 8.93. The minimum Gasteiger partial charge on any atom is -0.496 e. The molecule has 0 bridgehead atoms. The summed E-state index contributed by atoms with van der Waals surface area (Å²) in [6.45, 7) is 1.11. The number of rotatable bonds is 8. The summed E-state index contributed by atoms with van der Waals surface area (Å²) < 4.78 is 11.0. The van der Waals surface area contributed by atoms with E-state index in [1.54, 1.807) is 19.2 Å². The molecule has 0 atom stereocenters. The summed E-state index contributed by atoms with van der Waals surface area (Å²) in [5.41, 5.74) is 2.83. The van der Waals surface area contributed by atoms with Gasteiger partial charge in [-0.2, -0.15) is 0 Å². The van der Waals surface area contributed by atoms with Crippen LogP contribution in [0.4, 0.5) is 0 Å². The number of carbonyl (C=O) groups excluding carboxylic acids is 1. The average Bonchev–Trinajstić information content (AvgIpc) is 2.73. The molecule has 0 heterocycles. The summed E-state index contributed by atoms with van der Waals surface area (Å²) in [6.07, 6.45) is 0.750. The molecule has 3 aromatic rings. The molecule has 3 aromatic carbocycles. The zero-order valence-electron chi connectivity index (χ0n) is 15.4. The number of methoxy groups -OCH3 is 1. The Labute approximate surface area is 159 Å². The lowest BCUT2D eigenvalue weighted by Gasteiger charge is -2.10. The quantitative estimate of drug-likeness (QED) is 0.653. The van der Waals surface area contributed by atoms with E-state index in [4.69, 9.17) is 9.47 Å². The van der Waals surface area contributed by atoms with Gasteiger partial charge in [-0.15, -0.1) is 0 Å². The molecule has 3 rings (SSSR count). The molecular formula is C23H23NO3. The van der Waals surface area contributed by atoms with Gasteiger partial charge in [-0.3, -0.25) is 4.79 Å². The molecule has 0 radical (unpaired) electrons. The third-order valence-corrected chi connectivity index (χ3v) is 4.22. The van der Waals surface area contributed by atoms with Crippen molar-refractivity contribution in [2.75, 3.05) is 13.7 Å². The van der Waals surface area contributed by atoms with E-state index < -0.39 is 0 Å². The van der Waals surface area contributed by atoms with Gasteiger partial charge in [-0.05, 0) is 41.8 Å². The van der Waals surface area contributed by atoms with Crippen LogP contribution < -0.4 is 14.8 Å². The highest BCUT2D eigenvalue weighted by molar-refractivity contribution is 5.96. The topological polar surface area (TPSA) is 47.6 Å². The van der Waals surface area contributed by atoms with Crippen molar-refractivity contribution in [2.24, 2.45) is 0 Å². The van der Waals surface area contributed by atoms with Crippen LogP contribution in [0.25, 0.3) is 0 Å². The van der Waals surface area contributed by atoms with E-state index in [0.29, 0.717) is 24.5 Å². The van der Waals surface area contributed by atoms with Crippen LogP contribution >= 0.6 is 0 Å². The second-order valence-corrected chi connectivity index (χ2v) is 6.12. The van der Waals surface area contributed by atoms with Crippen LogP contribution in [0.15, 0.2) is 78.9 Å². The van der Waals surface area contributed by atoms with Gasteiger partial charge in [-0.25, -0.2) is 0 Å². The van der Waals surface area contributed by atoms with Gasteiger partial charge in [0, 0.05) is 6.54 Å². The number of benzene rings is 3. The second-order valence-electron chi connectivity index (χ2n) is 6.12. The standard InChI is InChI=1S/C23H23NO3/c1-26-22-10-6-5-9-21(22)23(25)24-16-15-18-11-13-20(14-12-18)27-17-19-7-3-2-4-8-19/h2-14H,15-17H2,1H3,(H,24,25). The van der Waals surface area contributed by atoms with Gasteiger partial charge in [0.2, 0.25) is 0 Å². The van der Waals surface area contributed by atoms with Crippen molar-refractivity contribution in [1.82, 2.24) is 5.32 Å². The fourth-order valence-corrected chi connectivity index (χ4v) is 2.74. The van der Waals surface area contributed by atoms with Gasteiger partial charge in [0.15, 0.2) is 0 Å². The Kier molecular flexibility index (Phi) is 6.47. The fourth-order valence-electron chi connectivity index (χ4n) is 2.74. The van der Waals surface area contributed by atoms with Gasteiger partial charge >= 0.3 is 0 Å². The van der Waals surface area contributed by atoms with Gasteiger partial charge in [-0.1, -0.05) is 54.6 Å². The van der Waals surface area contributed by atoms with Crippen LogP contribution in [-0.4, -0.2) is 19.6 Å².